The van der Waals surface area contributed by atoms with E-state index in [0.29, 0.717) is 0 Å². The molecular formula is C36H31N3S+2. The lowest BCUT2D eigenvalue weighted by Crippen LogP contribution is -2.12. The van der Waals surface area contributed by atoms with Gasteiger partial charge in [-0.3, -0.25) is 0 Å². The Hall–Kier alpha value is -4.37. The van der Waals surface area contributed by atoms with Crippen LogP contribution in [0.25, 0.3) is 27.5 Å². The molecule has 0 saturated heterocycles. The second-order valence-corrected chi connectivity index (χ2v) is 12.6. The van der Waals surface area contributed by atoms with Crippen molar-refractivity contribution in [2.45, 2.75) is 36.0 Å². The van der Waals surface area contributed by atoms with Crippen LogP contribution in [0, 0.1) is 0 Å². The van der Waals surface area contributed by atoms with E-state index in [2.05, 4.69) is 163 Å². The largest absolute Gasteiger partial charge is 0.496 e. The van der Waals surface area contributed by atoms with Gasteiger partial charge in [0.15, 0.2) is 7.05 Å². The molecule has 0 amide bonds. The third-order valence-corrected chi connectivity index (χ3v) is 8.60. The van der Waals surface area contributed by atoms with Gasteiger partial charge in [0.1, 0.15) is 0 Å². The van der Waals surface area contributed by atoms with Gasteiger partial charge >= 0.3 is 6.01 Å². The van der Waals surface area contributed by atoms with Crippen molar-refractivity contribution in [2.24, 2.45) is 0 Å². The van der Waals surface area contributed by atoms with Gasteiger partial charge in [-0.25, -0.2) is 0 Å². The number of aromatic nitrogens is 1. The predicted molar refractivity (Wildman–Crippen MR) is 169 cm³/mol. The fourth-order valence-electron chi connectivity index (χ4n) is 5.60. The Morgan fingerprint density at radius 3 is 2.15 bits per heavy atom. The predicted octanol–water partition coefficient (Wildman–Crippen LogP) is 9.53. The monoisotopic (exact) mass is 537 g/mol. The summed E-state index contributed by atoms with van der Waals surface area (Å²) in [6, 6.07) is 45.2. The molecule has 2 heterocycles. The van der Waals surface area contributed by atoms with E-state index in [1.165, 1.54) is 42.8 Å². The first-order valence-electron chi connectivity index (χ1n) is 13.7. The van der Waals surface area contributed by atoms with Gasteiger partial charge in [-0.15, -0.1) is 0 Å². The molecule has 1 aromatic heterocycles. The number of rotatable bonds is 4. The SMILES string of the molecule is C[N+]1=C=[N+](c2cc(Sc3ccc4c(c3)c3ccccc3n4-c3ccccc3)cc(C(C)(C)C)c2)c2ccccc21. The highest BCUT2D eigenvalue weighted by Crippen LogP contribution is 2.40. The topological polar surface area (TPSA) is 10.9 Å². The van der Waals surface area contributed by atoms with Crippen LogP contribution in [0.15, 0.2) is 125 Å². The van der Waals surface area contributed by atoms with Crippen molar-refractivity contribution in [1.82, 2.24) is 9.14 Å². The summed E-state index contributed by atoms with van der Waals surface area (Å²) in [6.45, 7) is 6.84. The van der Waals surface area contributed by atoms with Crippen molar-refractivity contribution in [3.8, 4) is 5.69 Å². The number of hydrogen-bond acceptors (Lipinski definition) is 1. The van der Waals surface area contributed by atoms with E-state index in [-0.39, 0.29) is 5.41 Å². The number of para-hydroxylation sites is 4. The summed E-state index contributed by atoms with van der Waals surface area (Å²) in [7, 11) is 2.06. The molecule has 4 heteroatoms. The van der Waals surface area contributed by atoms with Crippen LogP contribution in [-0.2, 0) is 5.41 Å². The summed E-state index contributed by atoms with van der Waals surface area (Å²) >= 11 is 1.82. The maximum atomic E-state index is 3.52. The number of hydrogen-bond donors (Lipinski definition) is 0. The summed E-state index contributed by atoms with van der Waals surface area (Å²) < 4.78 is 6.62. The molecule has 0 aliphatic carbocycles. The zero-order valence-corrected chi connectivity index (χ0v) is 24.0. The molecule has 5 aromatic carbocycles. The van der Waals surface area contributed by atoms with E-state index >= 15 is 0 Å². The van der Waals surface area contributed by atoms with Crippen LogP contribution < -0.4 is 4.58 Å². The third kappa shape index (κ3) is 4.17. The summed E-state index contributed by atoms with van der Waals surface area (Å²) in [5, 5.41) is 2.54. The number of benzene rings is 5. The zero-order valence-electron chi connectivity index (χ0n) is 23.2. The molecule has 0 saturated carbocycles. The third-order valence-electron chi connectivity index (χ3n) is 7.64. The zero-order chi connectivity index (χ0) is 27.4. The van der Waals surface area contributed by atoms with Gasteiger partial charge in [-0.05, 0) is 58.0 Å². The first-order valence-corrected chi connectivity index (χ1v) is 14.5. The molecule has 6 aromatic rings. The van der Waals surface area contributed by atoms with Crippen LogP contribution in [0.2, 0.25) is 0 Å². The van der Waals surface area contributed by atoms with Gasteiger partial charge in [-0.1, -0.05) is 85.6 Å². The van der Waals surface area contributed by atoms with E-state index in [0.717, 1.165) is 17.1 Å². The Morgan fingerprint density at radius 2 is 1.35 bits per heavy atom. The lowest BCUT2D eigenvalue weighted by Gasteiger charge is -2.20. The van der Waals surface area contributed by atoms with Crippen molar-refractivity contribution in [1.29, 1.82) is 0 Å². The summed E-state index contributed by atoms with van der Waals surface area (Å²) in [5.41, 5.74) is 8.41. The normalized spacial score (nSPS) is 13.0. The van der Waals surface area contributed by atoms with Crippen molar-refractivity contribution in [3.05, 3.63) is 121 Å². The van der Waals surface area contributed by atoms with E-state index in [1.54, 1.807) is 0 Å². The van der Waals surface area contributed by atoms with Gasteiger partial charge in [0.25, 0.3) is 11.4 Å². The van der Waals surface area contributed by atoms with Crippen molar-refractivity contribution in [3.63, 3.8) is 0 Å². The fraction of sp³-hybridized carbons (Fsp3) is 0.139. The maximum Gasteiger partial charge on any atom is 0.496 e. The molecule has 7 rings (SSSR count). The molecule has 0 fully saturated rings. The Bertz CT molecular complexity index is 2000. The Kier molecular flexibility index (Phi) is 5.78. The second-order valence-electron chi connectivity index (χ2n) is 11.4. The first kappa shape index (κ1) is 24.7. The minimum absolute atomic E-state index is 0.0174. The highest BCUT2D eigenvalue weighted by molar-refractivity contribution is 7.99. The average molecular weight is 538 g/mol. The van der Waals surface area contributed by atoms with Crippen molar-refractivity contribution < 1.29 is 4.58 Å². The number of fused-ring (bicyclic) bond motifs is 4. The lowest BCUT2D eigenvalue weighted by atomic mass is 9.87. The highest BCUT2D eigenvalue weighted by atomic mass is 32.2. The molecule has 0 radical (unpaired) electrons. The van der Waals surface area contributed by atoms with E-state index in [1.807, 2.05) is 11.8 Å². The standard InChI is InChI=1S/C36H31N3S/c1-36(2,3)25-20-27(38-24-37(4)34-16-10-11-17-35(34)38)22-29(21-25)40-28-18-19-33-31(23-28)30-14-8-9-15-32(30)39(33)26-12-6-5-7-13-26/h5-23H,1-4H3/q+2. The molecule has 1 aliphatic heterocycles. The Morgan fingerprint density at radius 1 is 0.650 bits per heavy atom. The minimum atomic E-state index is 0.0174. The minimum Gasteiger partial charge on any atom is -0.309 e. The molecule has 0 spiro atoms. The maximum absolute atomic E-state index is 3.52. The summed E-state index contributed by atoms with van der Waals surface area (Å²) in [5.74, 6) is 0. The molecule has 3 nitrogen and oxygen atoms in total. The molecule has 40 heavy (non-hydrogen) atoms. The molecule has 0 N–H and O–H groups in total. The van der Waals surface area contributed by atoms with Crippen LogP contribution in [0.5, 0.6) is 0 Å². The van der Waals surface area contributed by atoms with Gasteiger partial charge in [-0.2, -0.15) is 0 Å². The van der Waals surface area contributed by atoms with E-state index in [9.17, 15) is 0 Å². The molecule has 0 atom stereocenters. The summed E-state index contributed by atoms with van der Waals surface area (Å²) in [4.78, 5) is 2.45. The average Bonchev–Trinajstić information content (AvgIpc) is 3.48. The number of nitrogens with zero attached hydrogens (tertiary/aromatic N) is 3. The summed E-state index contributed by atoms with van der Waals surface area (Å²) in [6.07, 6.45) is 0. The molecule has 0 unspecified atom stereocenters. The lowest BCUT2D eigenvalue weighted by molar-refractivity contribution is -0.394. The van der Waals surface area contributed by atoms with E-state index < -0.39 is 0 Å². The van der Waals surface area contributed by atoms with Crippen molar-refractivity contribution in [2.75, 3.05) is 7.05 Å². The van der Waals surface area contributed by atoms with Gasteiger partial charge < -0.3 is 4.57 Å². The van der Waals surface area contributed by atoms with Gasteiger partial charge in [0.05, 0.1) is 11.0 Å². The fourth-order valence-corrected chi connectivity index (χ4v) is 6.55. The first-order chi connectivity index (χ1) is 19.4. The van der Waals surface area contributed by atoms with Gasteiger partial charge in [0.2, 0.25) is 5.69 Å². The second kappa shape index (κ2) is 9.38. The Labute approximate surface area is 239 Å². The Balaban J connectivity index is 1.35. The molecular weight excluding hydrogens is 506 g/mol. The highest BCUT2D eigenvalue weighted by Gasteiger charge is 2.33. The van der Waals surface area contributed by atoms with Crippen LogP contribution in [0.4, 0.5) is 17.1 Å². The van der Waals surface area contributed by atoms with Crippen LogP contribution in [0.1, 0.15) is 26.3 Å². The quantitative estimate of drug-likeness (QED) is 0.204. The van der Waals surface area contributed by atoms with Crippen LogP contribution in [0.3, 0.4) is 0 Å². The van der Waals surface area contributed by atoms with Crippen LogP contribution in [-0.4, -0.2) is 22.2 Å². The molecule has 194 valence electrons. The van der Waals surface area contributed by atoms with Crippen LogP contribution >= 0.6 is 11.8 Å². The van der Waals surface area contributed by atoms with Crippen molar-refractivity contribution >= 4 is 56.6 Å². The van der Waals surface area contributed by atoms with Gasteiger partial charge in [0, 0.05) is 50.5 Å². The smallest absolute Gasteiger partial charge is 0.309 e. The molecule has 0 bridgehead atoms. The van der Waals surface area contributed by atoms with E-state index in [4.69, 9.17) is 0 Å². The molecule has 1 aliphatic rings.